The van der Waals surface area contributed by atoms with Crippen LogP contribution in [0.15, 0.2) is 64.7 Å². The van der Waals surface area contributed by atoms with Crippen molar-refractivity contribution in [2.24, 2.45) is 45.1 Å². The topological polar surface area (TPSA) is 560 Å². The number of Topliss-reactive ketones (excluding diaryl/α,β-unsaturated/α-hetero) is 5. The fourth-order valence-electron chi connectivity index (χ4n) is 11.6. The van der Waals surface area contributed by atoms with Crippen LogP contribution in [-0.4, -0.2) is 325 Å². The second-order valence-corrected chi connectivity index (χ2v) is 31.6. The summed E-state index contributed by atoms with van der Waals surface area (Å²) in [4.78, 5) is 200. The van der Waals surface area contributed by atoms with Gasteiger partial charge in [-0.25, -0.2) is 4.39 Å². The molecule has 2 aliphatic rings. The van der Waals surface area contributed by atoms with E-state index in [9.17, 15) is 76.6 Å². The number of thioether (sulfide) groups is 1. The van der Waals surface area contributed by atoms with Crippen LogP contribution < -0.4 is 59.7 Å². The van der Waals surface area contributed by atoms with Crippen LogP contribution >= 0.6 is 33.3 Å². The lowest BCUT2D eigenvalue weighted by atomic mass is 9.90. The standard InChI is InChI=1S/C80H122FN13O26S3/c81-61-17-15-57(16-18-61)46-90-120-51-73(102)87-23-28-113-32-36-116-38-40-117-39-37-115-35-31-112-27-22-86-72(101)50-119-49-71(100)85-20-5-4-13-64-79(109)94-67-54-123-122-53-66(93-78(108)60(45-75(104)105)42-63(96)47-89-76(106)58(43-69(67)98)11-6-21-88-80(83)84)70(99)44-59(41-56-9-2-1-3-10-56)77(107)92-65(52-121-55-74(103)91-64)68(97)14-8-25-111-30-34-114-33-29-110-24-7-12-62(95)48-118-26-19-82/h1-3,9-10,15-18,46,58-60,64-67H,4-8,11-14,19-45,47-55,82H2,(H,85,100)(H,86,101)(H,87,102)(H,89,106)(H,91,103)(H,92,107)(H,93,108)(H,94,109)(H,104,105)(H4,83,84,88)/t58-,59-,60+,64+,65+,66+,67+/m1/s1/i81-1. The molecule has 2 saturated heterocycles. The van der Waals surface area contributed by atoms with Gasteiger partial charge in [-0.3, -0.25) is 72.1 Å². The number of halogens is 1. The highest BCUT2D eigenvalue weighted by atomic mass is 33.1. The second-order valence-electron chi connectivity index (χ2n) is 28.1. The Balaban J connectivity index is 1.35. The van der Waals surface area contributed by atoms with Crippen LogP contribution in [0.2, 0.25) is 0 Å². The van der Waals surface area contributed by atoms with Gasteiger partial charge in [0.05, 0.1) is 148 Å². The Morgan fingerprint density at radius 2 is 1.06 bits per heavy atom. The average Bonchev–Trinajstić information content (AvgIpc) is 1.40. The number of hydrogen-bond donors (Lipinski definition) is 12. The maximum atomic E-state index is 14.9. The van der Waals surface area contributed by atoms with Gasteiger partial charge < -0.3 is 117 Å². The van der Waals surface area contributed by atoms with Crippen LogP contribution in [0.4, 0.5) is 4.39 Å². The summed E-state index contributed by atoms with van der Waals surface area (Å²) < 4.78 is 67.8. The smallest absolute Gasteiger partial charge is 0.304 e. The minimum Gasteiger partial charge on any atom is -0.481 e. The largest absolute Gasteiger partial charge is 0.481 e. The summed E-state index contributed by atoms with van der Waals surface area (Å²) in [6, 6.07) is 8.82. The molecule has 688 valence electrons. The van der Waals surface area contributed by atoms with E-state index < -0.39 is 158 Å². The van der Waals surface area contributed by atoms with E-state index >= 15 is 0 Å². The molecule has 4 rings (SSSR count). The predicted molar refractivity (Wildman–Crippen MR) is 453 cm³/mol. The molecule has 8 amide bonds. The number of benzene rings is 2. The van der Waals surface area contributed by atoms with Crippen molar-refractivity contribution in [2.45, 2.75) is 114 Å². The maximum absolute atomic E-state index is 14.9. The molecule has 123 heavy (non-hydrogen) atoms. The zero-order valence-electron chi connectivity index (χ0n) is 69.5. The monoisotopic (exact) mass is 1790 g/mol. The van der Waals surface area contributed by atoms with Gasteiger partial charge in [0.1, 0.15) is 31.7 Å². The number of aliphatic imine (C=N–C) groups is 1. The first-order valence-electron chi connectivity index (χ1n) is 40.9. The van der Waals surface area contributed by atoms with Crippen molar-refractivity contribution in [1.29, 1.82) is 0 Å². The Hall–Kier alpha value is -8.70. The molecule has 2 aromatic rings. The lowest BCUT2D eigenvalue weighted by Crippen LogP contribution is -2.53. The fourth-order valence-corrected chi connectivity index (χ4v) is 14.9. The van der Waals surface area contributed by atoms with Crippen LogP contribution in [0.1, 0.15) is 94.6 Å². The number of carboxylic acid groups (broad SMARTS) is 1. The third-order valence-corrected chi connectivity index (χ3v) is 21.4. The first-order valence-corrected chi connectivity index (χ1v) is 44.6. The van der Waals surface area contributed by atoms with Gasteiger partial charge in [-0.15, -0.1) is 11.8 Å². The Labute approximate surface area is 727 Å². The highest BCUT2D eigenvalue weighted by Crippen LogP contribution is 2.28. The van der Waals surface area contributed by atoms with E-state index in [0.717, 1.165) is 33.3 Å². The van der Waals surface area contributed by atoms with Gasteiger partial charge in [0, 0.05) is 107 Å². The molecule has 2 aromatic carbocycles. The van der Waals surface area contributed by atoms with Crippen molar-refractivity contribution < 1.29 is 129 Å². The van der Waals surface area contributed by atoms with Crippen LogP contribution in [0.25, 0.3) is 0 Å². The number of amides is 8. The predicted octanol–water partition coefficient (Wildman–Crippen LogP) is -0.787. The fraction of sp³-hybridized carbons (Fsp3) is 0.650. The van der Waals surface area contributed by atoms with Crippen LogP contribution in [0.3, 0.4) is 0 Å². The number of guanidine groups is 1. The molecule has 0 saturated carbocycles. The number of ether oxygens (including phenoxy) is 10. The quantitative estimate of drug-likeness (QED) is 0.0127. The number of oxime groups is 1. The number of hydrogen-bond acceptors (Lipinski definition) is 31. The summed E-state index contributed by atoms with van der Waals surface area (Å²) in [6.45, 7) is 3.47. The number of ketones is 5. The zero-order chi connectivity index (χ0) is 89.3. The number of unbranched alkanes of at least 4 members (excludes halogenated alkanes) is 1. The number of nitrogens with two attached hydrogens (primary N) is 3. The molecule has 2 fully saturated rings. The van der Waals surface area contributed by atoms with Crippen molar-refractivity contribution in [3.8, 4) is 0 Å². The van der Waals surface area contributed by atoms with Gasteiger partial charge >= 0.3 is 5.97 Å². The number of carbonyl (C=O) groups is 14. The van der Waals surface area contributed by atoms with Crippen LogP contribution in [-0.2, 0) is 126 Å². The van der Waals surface area contributed by atoms with Crippen LogP contribution in [0.5, 0.6) is 0 Å². The van der Waals surface area contributed by atoms with Crippen molar-refractivity contribution in [3.63, 3.8) is 0 Å². The molecule has 39 nitrogen and oxygen atoms in total. The number of aliphatic carboxylic acids is 1. The molecule has 7 atom stereocenters. The van der Waals surface area contributed by atoms with Gasteiger partial charge in [-0.2, -0.15) is 0 Å². The van der Waals surface area contributed by atoms with E-state index in [1.54, 1.807) is 30.3 Å². The molecule has 43 heteroatoms. The highest BCUT2D eigenvalue weighted by molar-refractivity contribution is 8.76. The summed E-state index contributed by atoms with van der Waals surface area (Å²) in [5.41, 5.74) is 17.7. The van der Waals surface area contributed by atoms with Gasteiger partial charge in [-0.05, 0) is 74.6 Å². The summed E-state index contributed by atoms with van der Waals surface area (Å²) in [5.74, 6) is -15.0. The third kappa shape index (κ3) is 53.3. The molecule has 0 aromatic heterocycles. The SMILES string of the molecule is NCCOCC(=O)CCCOCCOCCOCCCC(=O)[C@@H]1CSCC(=O)N[C@@H](CCCCNC(=O)COCC(=O)NCCOCCOCCOCCOCCOCCNC(=O)CON=Cc2ccc([18F])cc2)C(=O)N[C@H]2CSSC[C@H](NC(=O)[C@H](CC(=O)O)CC(=O)CNC(=O)[C@H](CCCN=C(N)N)CC2=O)C(=O)C[C@@H](Cc2ccccc2)C(=O)N1. The van der Waals surface area contributed by atoms with E-state index in [1.165, 1.54) is 30.5 Å². The number of nitrogens with zero attached hydrogens (tertiary/aromatic N) is 2. The number of carboxylic acids is 1. The molecule has 2 heterocycles. The lowest BCUT2D eigenvalue weighted by Gasteiger charge is -2.26. The normalized spacial score (nSPS) is 18.8. The van der Waals surface area contributed by atoms with Crippen molar-refractivity contribution in [2.75, 3.05) is 201 Å². The molecule has 0 aliphatic carbocycles. The van der Waals surface area contributed by atoms with E-state index in [-0.39, 0.29) is 197 Å². The minimum atomic E-state index is -1.55. The number of fused-ring (bicyclic) bond motifs is 5. The third-order valence-electron chi connectivity index (χ3n) is 17.9. The first-order chi connectivity index (χ1) is 59.5. The lowest BCUT2D eigenvalue weighted by molar-refractivity contribution is -0.142. The second kappa shape index (κ2) is 67.7. The van der Waals surface area contributed by atoms with E-state index in [4.69, 9.17) is 69.4 Å². The molecule has 15 N–H and O–H groups in total. The highest BCUT2D eigenvalue weighted by Gasteiger charge is 2.36. The van der Waals surface area contributed by atoms with Crippen molar-refractivity contribution in [1.82, 2.24) is 42.5 Å². The van der Waals surface area contributed by atoms with Gasteiger partial charge in [0.25, 0.3) is 5.91 Å². The summed E-state index contributed by atoms with van der Waals surface area (Å²) in [7, 11) is 1.98. The molecule has 2 aliphatic heterocycles. The van der Waals surface area contributed by atoms with E-state index in [0.29, 0.717) is 83.4 Å². The zero-order valence-corrected chi connectivity index (χ0v) is 72.0. The number of carbonyl (C=O) groups excluding carboxylic acids is 13. The van der Waals surface area contributed by atoms with Gasteiger partial charge in [0.2, 0.25) is 41.4 Å². The maximum Gasteiger partial charge on any atom is 0.304 e. The first kappa shape index (κ1) is 107. The Kier molecular flexibility index (Phi) is 58.7. The summed E-state index contributed by atoms with van der Waals surface area (Å²) >= 11 is 0.954. The number of nitrogens with one attached hydrogen (secondary N) is 8. The Bertz CT molecular complexity index is 3570. The van der Waals surface area contributed by atoms with Gasteiger partial charge in [-0.1, -0.05) is 69.2 Å². The Morgan fingerprint density at radius 1 is 0.520 bits per heavy atom. The van der Waals surface area contributed by atoms with Crippen molar-refractivity contribution >= 4 is 128 Å². The molecular formula is C80H122FN13O26S3. The summed E-state index contributed by atoms with van der Waals surface area (Å²) in [5, 5.41) is 35.1. The number of rotatable bonds is 58. The van der Waals surface area contributed by atoms with Crippen LogP contribution in [0, 0.1) is 23.6 Å². The molecule has 0 radical (unpaired) electrons. The molecule has 0 spiro atoms. The van der Waals surface area contributed by atoms with Gasteiger partial charge in [0.15, 0.2) is 41.5 Å². The average molecular weight is 1800 g/mol. The molecule has 2 bridgehead atoms. The molecule has 0 unspecified atom stereocenters. The summed E-state index contributed by atoms with van der Waals surface area (Å²) in [6.07, 6.45) is 0.177. The minimum absolute atomic E-state index is 0.000629. The molecular weight excluding hydrogens is 1670 g/mol. The van der Waals surface area contributed by atoms with E-state index in [1.807, 2.05) is 0 Å². The Morgan fingerprint density at radius 3 is 1.63 bits per heavy atom. The van der Waals surface area contributed by atoms with Crippen molar-refractivity contribution in [3.05, 3.63) is 71.5 Å². The van der Waals surface area contributed by atoms with E-state index in [2.05, 4.69) is 52.7 Å².